The molecule has 1 amide bonds. The topological polar surface area (TPSA) is 49.3 Å². The van der Waals surface area contributed by atoms with Crippen LogP contribution in [0.5, 0.6) is 0 Å². The fourth-order valence-electron chi connectivity index (χ4n) is 1.06. The molecular formula is C11H13BrFNO2. The minimum atomic E-state index is -0.991. The zero-order chi connectivity index (χ0) is 12.3. The van der Waals surface area contributed by atoms with E-state index in [-0.39, 0.29) is 12.1 Å². The van der Waals surface area contributed by atoms with E-state index in [0.717, 1.165) is 6.07 Å². The number of benzene rings is 1. The van der Waals surface area contributed by atoms with E-state index < -0.39 is 17.3 Å². The highest BCUT2D eigenvalue weighted by Gasteiger charge is 2.16. The van der Waals surface area contributed by atoms with Gasteiger partial charge in [-0.15, -0.1) is 0 Å². The molecule has 0 spiro atoms. The Bertz CT molecular complexity index is 401. The fourth-order valence-corrected chi connectivity index (χ4v) is 1.49. The monoisotopic (exact) mass is 289 g/mol. The summed E-state index contributed by atoms with van der Waals surface area (Å²) in [6.07, 6.45) is 0. The van der Waals surface area contributed by atoms with Crippen LogP contribution < -0.4 is 5.32 Å². The Morgan fingerprint density at radius 2 is 2.19 bits per heavy atom. The molecule has 0 aliphatic heterocycles. The third-order valence-electron chi connectivity index (χ3n) is 1.85. The summed E-state index contributed by atoms with van der Waals surface area (Å²) in [7, 11) is 0. The quantitative estimate of drug-likeness (QED) is 0.895. The highest BCUT2D eigenvalue weighted by Crippen LogP contribution is 2.17. The van der Waals surface area contributed by atoms with Crippen LogP contribution in [0, 0.1) is 5.82 Å². The van der Waals surface area contributed by atoms with Crippen molar-refractivity contribution in [2.24, 2.45) is 0 Å². The highest BCUT2D eigenvalue weighted by atomic mass is 79.9. The second-order valence-corrected chi connectivity index (χ2v) is 4.97. The van der Waals surface area contributed by atoms with Gasteiger partial charge in [0.15, 0.2) is 0 Å². The van der Waals surface area contributed by atoms with Crippen LogP contribution in [0.1, 0.15) is 24.2 Å². The summed E-state index contributed by atoms with van der Waals surface area (Å²) in [6, 6.07) is 3.87. The molecule has 0 saturated carbocycles. The van der Waals surface area contributed by atoms with Gasteiger partial charge in [-0.3, -0.25) is 4.79 Å². The van der Waals surface area contributed by atoms with Crippen molar-refractivity contribution in [1.29, 1.82) is 0 Å². The number of carbonyl (C=O) groups is 1. The number of nitrogens with one attached hydrogen (secondary N) is 1. The Balaban J connectivity index is 2.77. The molecule has 5 heteroatoms. The lowest BCUT2D eigenvalue weighted by Gasteiger charge is -2.17. The summed E-state index contributed by atoms with van der Waals surface area (Å²) in [4.78, 5) is 11.6. The minimum absolute atomic E-state index is 0.106. The van der Waals surface area contributed by atoms with Crippen LogP contribution in [-0.4, -0.2) is 23.2 Å². The van der Waals surface area contributed by atoms with E-state index in [9.17, 15) is 14.3 Å². The molecule has 1 aromatic carbocycles. The SMILES string of the molecule is CC(C)(O)CNC(=O)c1cc(F)ccc1Br. The Labute approximate surface area is 102 Å². The molecule has 1 aromatic rings. The van der Waals surface area contributed by atoms with E-state index in [4.69, 9.17) is 0 Å². The average Bonchev–Trinajstić information content (AvgIpc) is 2.17. The van der Waals surface area contributed by atoms with Crippen LogP contribution in [0.2, 0.25) is 0 Å². The first kappa shape index (κ1) is 13.1. The normalized spacial score (nSPS) is 11.3. The summed E-state index contributed by atoms with van der Waals surface area (Å²) >= 11 is 3.16. The molecule has 88 valence electrons. The number of aliphatic hydroxyl groups is 1. The van der Waals surface area contributed by atoms with Crippen LogP contribution in [0.3, 0.4) is 0 Å². The van der Waals surface area contributed by atoms with Gasteiger partial charge in [0.25, 0.3) is 5.91 Å². The largest absolute Gasteiger partial charge is 0.389 e. The van der Waals surface area contributed by atoms with Gasteiger partial charge in [-0.2, -0.15) is 0 Å². The van der Waals surface area contributed by atoms with E-state index in [1.807, 2.05) is 0 Å². The van der Waals surface area contributed by atoms with Crippen LogP contribution in [0.4, 0.5) is 4.39 Å². The number of carbonyl (C=O) groups excluding carboxylic acids is 1. The first-order valence-electron chi connectivity index (χ1n) is 4.75. The van der Waals surface area contributed by atoms with Gasteiger partial charge in [0, 0.05) is 11.0 Å². The van der Waals surface area contributed by atoms with Crippen LogP contribution in [0.15, 0.2) is 22.7 Å². The molecule has 3 nitrogen and oxygen atoms in total. The molecule has 0 aliphatic rings. The lowest BCUT2D eigenvalue weighted by Crippen LogP contribution is -2.38. The predicted octanol–water partition coefficient (Wildman–Crippen LogP) is 2.09. The molecule has 0 bridgehead atoms. The maximum absolute atomic E-state index is 12.9. The van der Waals surface area contributed by atoms with Gasteiger partial charge in [0.05, 0.1) is 11.2 Å². The maximum Gasteiger partial charge on any atom is 0.252 e. The van der Waals surface area contributed by atoms with Crippen molar-refractivity contribution in [3.63, 3.8) is 0 Å². The second-order valence-electron chi connectivity index (χ2n) is 4.12. The van der Waals surface area contributed by atoms with Gasteiger partial charge in [0.1, 0.15) is 5.82 Å². The summed E-state index contributed by atoms with van der Waals surface area (Å²) < 4.78 is 13.4. The summed E-state index contributed by atoms with van der Waals surface area (Å²) in [5.41, 5.74) is -0.778. The van der Waals surface area contributed by atoms with Crippen LogP contribution >= 0.6 is 15.9 Å². The number of hydrogen-bond acceptors (Lipinski definition) is 2. The molecule has 0 saturated heterocycles. The Hall–Kier alpha value is -0.940. The Morgan fingerprint density at radius 3 is 2.75 bits per heavy atom. The molecular weight excluding hydrogens is 277 g/mol. The van der Waals surface area contributed by atoms with Crippen LogP contribution in [-0.2, 0) is 0 Å². The van der Waals surface area contributed by atoms with E-state index in [1.54, 1.807) is 13.8 Å². The summed E-state index contributed by atoms with van der Waals surface area (Å²) in [6.45, 7) is 3.26. The molecule has 16 heavy (non-hydrogen) atoms. The average molecular weight is 290 g/mol. The summed E-state index contributed by atoms with van der Waals surface area (Å²) in [5, 5.41) is 12.0. The Kier molecular flexibility index (Phi) is 4.04. The molecule has 0 aliphatic carbocycles. The smallest absolute Gasteiger partial charge is 0.252 e. The zero-order valence-electron chi connectivity index (χ0n) is 9.05. The van der Waals surface area contributed by atoms with E-state index in [0.29, 0.717) is 4.47 Å². The molecule has 0 radical (unpaired) electrons. The van der Waals surface area contributed by atoms with Gasteiger partial charge in [0.2, 0.25) is 0 Å². The second kappa shape index (κ2) is 4.93. The molecule has 0 aromatic heterocycles. The van der Waals surface area contributed by atoms with Crippen LogP contribution in [0.25, 0.3) is 0 Å². The van der Waals surface area contributed by atoms with Crippen molar-refractivity contribution in [3.05, 3.63) is 34.1 Å². The molecule has 0 atom stereocenters. The van der Waals surface area contributed by atoms with Gasteiger partial charge >= 0.3 is 0 Å². The predicted molar refractivity (Wildman–Crippen MR) is 62.7 cm³/mol. The van der Waals surface area contributed by atoms with Crippen molar-refractivity contribution in [2.75, 3.05) is 6.54 Å². The van der Waals surface area contributed by atoms with Crippen molar-refractivity contribution in [2.45, 2.75) is 19.4 Å². The van der Waals surface area contributed by atoms with Crippen molar-refractivity contribution < 1.29 is 14.3 Å². The lowest BCUT2D eigenvalue weighted by atomic mass is 10.1. The summed E-state index contributed by atoms with van der Waals surface area (Å²) in [5.74, 6) is -0.898. The molecule has 2 N–H and O–H groups in total. The van der Waals surface area contributed by atoms with Gasteiger partial charge in [-0.05, 0) is 48.0 Å². The van der Waals surface area contributed by atoms with Crippen molar-refractivity contribution in [3.8, 4) is 0 Å². The molecule has 0 heterocycles. The third-order valence-corrected chi connectivity index (χ3v) is 2.55. The molecule has 1 rings (SSSR count). The fraction of sp³-hybridized carbons (Fsp3) is 0.364. The minimum Gasteiger partial charge on any atom is -0.389 e. The number of hydrogen-bond donors (Lipinski definition) is 2. The standard InChI is InChI=1S/C11H13BrFNO2/c1-11(2,16)6-14-10(15)8-5-7(13)3-4-9(8)12/h3-5,16H,6H2,1-2H3,(H,14,15). The highest BCUT2D eigenvalue weighted by molar-refractivity contribution is 9.10. The van der Waals surface area contributed by atoms with Crippen molar-refractivity contribution in [1.82, 2.24) is 5.32 Å². The third kappa shape index (κ3) is 3.90. The number of rotatable bonds is 3. The lowest BCUT2D eigenvalue weighted by molar-refractivity contribution is 0.0694. The molecule has 0 fully saturated rings. The zero-order valence-corrected chi connectivity index (χ0v) is 10.6. The first-order valence-corrected chi connectivity index (χ1v) is 5.54. The van der Waals surface area contributed by atoms with Gasteiger partial charge < -0.3 is 10.4 Å². The number of amides is 1. The maximum atomic E-state index is 12.9. The Morgan fingerprint density at radius 1 is 1.56 bits per heavy atom. The van der Waals surface area contributed by atoms with E-state index >= 15 is 0 Å². The van der Waals surface area contributed by atoms with E-state index in [2.05, 4.69) is 21.2 Å². The van der Waals surface area contributed by atoms with E-state index in [1.165, 1.54) is 12.1 Å². The first-order chi connectivity index (χ1) is 7.29. The number of halogens is 2. The van der Waals surface area contributed by atoms with Gasteiger partial charge in [-0.25, -0.2) is 4.39 Å². The van der Waals surface area contributed by atoms with Gasteiger partial charge in [-0.1, -0.05) is 0 Å². The molecule has 0 unspecified atom stereocenters. The van der Waals surface area contributed by atoms with Crippen molar-refractivity contribution >= 4 is 21.8 Å².